The average Bonchev–Trinajstić information content (AvgIpc) is 3.02. The maximum atomic E-state index is 13.9. The predicted octanol–water partition coefficient (Wildman–Crippen LogP) is 1.92. The molecule has 3 rings (SSSR count). The average molecular weight is 410 g/mol. The van der Waals surface area contributed by atoms with Crippen molar-refractivity contribution in [3.63, 3.8) is 0 Å². The number of amides is 1. The van der Waals surface area contributed by atoms with Gasteiger partial charge in [0, 0.05) is 23.7 Å². The van der Waals surface area contributed by atoms with Crippen LogP contribution in [-0.4, -0.2) is 38.8 Å². The summed E-state index contributed by atoms with van der Waals surface area (Å²) in [5, 5.41) is 13.0. The Morgan fingerprint density at radius 1 is 1.25 bits per heavy atom. The summed E-state index contributed by atoms with van der Waals surface area (Å²) in [4.78, 5) is 12.4. The molecule has 1 aliphatic rings. The molecule has 0 radical (unpaired) electrons. The van der Waals surface area contributed by atoms with Gasteiger partial charge in [-0.05, 0) is 43.2 Å². The monoisotopic (exact) mass is 410 g/mol. The number of nitrogens with zero attached hydrogens (tertiary/aromatic N) is 1. The van der Waals surface area contributed by atoms with Gasteiger partial charge in [0.2, 0.25) is 10.0 Å². The first-order valence-corrected chi connectivity index (χ1v) is 10.4. The fourth-order valence-electron chi connectivity index (χ4n) is 3.23. The van der Waals surface area contributed by atoms with Gasteiger partial charge >= 0.3 is 0 Å². The van der Waals surface area contributed by atoms with Crippen molar-refractivity contribution >= 4 is 21.6 Å². The molecule has 0 spiro atoms. The number of anilines is 1. The summed E-state index contributed by atoms with van der Waals surface area (Å²) < 4.78 is 51.8. The molecule has 0 bridgehead atoms. The van der Waals surface area contributed by atoms with Crippen LogP contribution in [0.1, 0.15) is 28.4 Å². The summed E-state index contributed by atoms with van der Waals surface area (Å²) in [6.07, 6.45) is 1.61. The zero-order valence-electron chi connectivity index (χ0n) is 15.4. The Labute approximate surface area is 161 Å². The lowest BCUT2D eigenvalue weighted by atomic mass is 9.95. The molecule has 0 saturated carbocycles. The van der Waals surface area contributed by atoms with Crippen LogP contribution in [-0.2, 0) is 22.0 Å². The van der Waals surface area contributed by atoms with E-state index in [4.69, 9.17) is 0 Å². The minimum absolute atomic E-state index is 0.132. The number of carbonyl (C=O) groups is 1. The molecular formula is C19H20F2N2O4S. The number of nitrogens with one attached hydrogen (secondary N) is 1. The molecule has 28 heavy (non-hydrogen) atoms. The minimum Gasteiger partial charge on any atom is -0.383 e. The Balaban J connectivity index is 1.74. The second-order valence-electron chi connectivity index (χ2n) is 7.01. The Morgan fingerprint density at radius 2 is 1.96 bits per heavy atom. The summed E-state index contributed by atoms with van der Waals surface area (Å²) in [6, 6.07) is 7.48. The first kappa shape index (κ1) is 20.2. The molecule has 1 amide bonds. The topological polar surface area (TPSA) is 86.7 Å². The van der Waals surface area contributed by atoms with Crippen LogP contribution in [0.5, 0.6) is 0 Å². The van der Waals surface area contributed by atoms with Crippen molar-refractivity contribution in [1.82, 2.24) is 5.32 Å². The molecule has 150 valence electrons. The zero-order valence-corrected chi connectivity index (χ0v) is 16.2. The van der Waals surface area contributed by atoms with E-state index in [1.165, 1.54) is 17.3 Å². The van der Waals surface area contributed by atoms with Gasteiger partial charge in [0.1, 0.15) is 17.2 Å². The lowest BCUT2D eigenvalue weighted by molar-refractivity contribution is 0.0494. The quantitative estimate of drug-likeness (QED) is 0.789. The number of fused-ring (bicyclic) bond motifs is 1. The Bertz CT molecular complexity index is 1040. The van der Waals surface area contributed by atoms with Crippen molar-refractivity contribution in [1.29, 1.82) is 0 Å². The maximum Gasteiger partial charge on any atom is 0.251 e. The van der Waals surface area contributed by atoms with Crippen molar-refractivity contribution in [2.75, 3.05) is 23.7 Å². The highest BCUT2D eigenvalue weighted by Gasteiger charge is 2.29. The van der Waals surface area contributed by atoms with Crippen LogP contribution in [0, 0.1) is 11.6 Å². The zero-order chi connectivity index (χ0) is 20.7. The van der Waals surface area contributed by atoms with Gasteiger partial charge in [-0.25, -0.2) is 17.2 Å². The Kier molecular flexibility index (Phi) is 5.16. The van der Waals surface area contributed by atoms with Gasteiger partial charge in [-0.3, -0.25) is 9.10 Å². The second-order valence-corrected chi connectivity index (χ2v) is 8.92. The van der Waals surface area contributed by atoms with E-state index in [9.17, 15) is 27.1 Å². The van der Waals surface area contributed by atoms with Crippen molar-refractivity contribution in [3.8, 4) is 0 Å². The SMILES string of the molecule is CC(O)(CNC(=O)c1ccc2c(c1)CCN2S(C)(=O)=O)c1ccc(F)cc1F. The number of hydrogen-bond acceptors (Lipinski definition) is 4. The molecule has 0 fully saturated rings. The van der Waals surface area contributed by atoms with Crippen molar-refractivity contribution in [2.24, 2.45) is 0 Å². The normalized spacial score (nSPS) is 15.8. The summed E-state index contributed by atoms with van der Waals surface area (Å²) in [7, 11) is -3.38. The number of halogens is 2. The highest BCUT2D eigenvalue weighted by molar-refractivity contribution is 7.92. The van der Waals surface area contributed by atoms with E-state index in [0.29, 0.717) is 30.3 Å². The number of rotatable bonds is 5. The van der Waals surface area contributed by atoms with E-state index in [1.807, 2.05) is 0 Å². The molecule has 6 nitrogen and oxygen atoms in total. The van der Waals surface area contributed by atoms with Crippen molar-refractivity contribution in [3.05, 3.63) is 64.7 Å². The number of benzene rings is 2. The summed E-state index contributed by atoms with van der Waals surface area (Å²) in [5.41, 5.74) is -0.303. The number of carbonyl (C=O) groups excluding carboxylic acids is 1. The van der Waals surface area contributed by atoms with Crippen LogP contribution in [0.15, 0.2) is 36.4 Å². The van der Waals surface area contributed by atoms with Gasteiger partial charge in [-0.1, -0.05) is 6.07 Å². The molecule has 2 aromatic carbocycles. The molecule has 2 N–H and O–H groups in total. The smallest absolute Gasteiger partial charge is 0.251 e. The standard InChI is InChI=1S/C19H20F2N2O4S/c1-19(25,15-5-4-14(20)10-16(15)21)11-22-18(24)13-3-6-17-12(9-13)7-8-23(17)28(2,26)27/h3-6,9-10,25H,7-8,11H2,1-2H3,(H,22,24). The molecule has 0 saturated heterocycles. The summed E-state index contributed by atoms with van der Waals surface area (Å²) in [6.45, 7) is 1.34. The summed E-state index contributed by atoms with van der Waals surface area (Å²) >= 11 is 0. The van der Waals surface area contributed by atoms with E-state index >= 15 is 0 Å². The van der Waals surface area contributed by atoms with Crippen LogP contribution in [0.25, 0.3) is 0 Å². The van der Waals surface area contributed by atoms with Crippen molar-refractivity contribution in [2.45, 2.75) is 18.9 Å². The maximum absolute atomic E-state index is 13.9. The third-order valence-electron chi connectivity index (χ3n) is 4.70. The molecule has 9 heteroatoms. The lowest BCUT2D eigenvalue weighted by Gasteiger charge is -2.25. The third-order valence-corrected chi connectivity index (χ3v) is 5.88. The fourth-order valence-corrected chi connectivity index (χ4v) is 4.19. The molecule has 0 aliphatic carbocycles. The molecular weight excluding hydrogens is 390 g/mol. The summed E-state index contributed by atoms with van der Waals surface area (Å²) in [5.74, 6) is -2.16. The van der Waals surface area contributed by atoms with E-state index in [-0.39, 0.29) is 12.1 Å². The Morgan fingerprint density at radius 3 is 2.61 bits per heavy atom. The van der Waals surface area contributed by atoms with E-state index in [2.05, 4.69) is 5.32 Å². The molecule has 2 aromatic rings. The largest absolute Gasteiger partial charge is 0.383 e. The second kappa shape index (κ2) is 7.14. The first-order valence-electron chi connectivity index (χ1n) is 8.56. The molecule has 1 aliphatic heterocycles. The van der Waals surface area contributed by atoms with E-state index in [1.54, 1.807) is 12.1 Å². The molecule has 0 aromatic heterocycles. The van der Waals surface area contributed by atoms with Gasteiger partial charge < -0.3 is 10.4 Å². The van der Waals surface area contributed by atoms with Gasteiger partial charge in [0.15, 0.2) is 0 Å². The van der Waals surface area contributed by atoms with Gasteiger partial charge in [-0.15, -0.1) is 0 Å². The minimum atomic E-state index is -3.38. The van der Waals surface area contributed by atoms with Crippen LogP contribution in [0.2, 0.25) is 0 Å². The fraction of sp³-hybridized carbons (Fsp3) is 0.316. The van der Waals surface area contributed by atoms with Crippen LogP contribution >= 0.6 is 0 Å². The van der Waals surface area contributed by atoms with E-state index in [0.717, 1.165) is 24.0 Å². The lowest BCUT2D eigenvalue weighted by Crippen LogP contribution is -2.39. The Hall–Kier alpha value is -2.52. The highest BCUT2D eigenvalue weighted by atomic mass is 32.2. The van der Waals surface area contributed by atoms with E-state index < -0.39 is 33.2 Å². The molecule has 1 atom stereocenters. The van der Waals surface area contributed by atoms with Gasteiger partial charge in [0.05, 0.1) is 18.5 Å². The first-order chi connectivity index (χ1) is 13.0. The van der Waals surface area contributed by atoms with Crippen LogP contribution in [0.3, 0.4) is 0 Å². The predicted molar refractivity (Wildman–Crippen MR) is 101 cm³/mol. The van der Waals surface area contributed by atoms with Gasteiger partial charge in [-0.2, -0.15) is 0 Å². The van der Waals surface area contributed by atoms with Crippen molar-refractivity contribution < 1.29 is 27.1 Å². The van der Waals surface area contributed by atoms with Crippen LogP contribution < -0.4 is 9.62 Å². The molecule has 1 heterocycles. The number of aliphatic hydroxyl groups is 1. The third kappa shape index (κ3) is 4.00. The number of sulfonamides is 1. The van der Waals surface area contributed by atoms with Gasteiger partial charge in [0.25, 0.3) is 5.91 Å². The van der Waals surface area contributed by atoms with Crippen LogP contribution in [0.4, 0.5) is 14.5 Å². The molecule has 1 unspecified atom stereocenters. The highest BCUT2D eigenvalue weighted by Crippen LogP contribution is 2.31. The number of hydrogen-bond donors (Lipinski definition) is 2.